The first-order chi connectivity index (χ1) is 17.5. The summed E-state index contributed by atoms with van der Waals surface area (Å²) in [5, 5.41) is 0. The van der Waals surface area contributed by atoms with Gasteiger partial charge in [-0.3, -0.25) is 14.1 Å². The van der Waals surface area contributed by atoms with Crippen LogP contribution in [0.4, 0.5) is 13.2 Å². The normalized spacial score (nSPS) is 28.2. The van der Waals surface area contributed by atoms with E-state index < -0.39 is 99.4 Å². The topological polar surface area (TPSA) is 142 Å². The fourth-order valence-electron chi connectivity index (χ4n) is 5.34. The number of hydrogen-bond donors (Lipinski definition) is 1. The maximum Gasteiger partial charge on any atom is 0.419 e. The molecule has 3 aliphatic rings. The standard InChI is InChI=1S/C24H27F3O10S/c1-4-23(2,3)37-15-9-11(5-6-14(15)24(25,26)27)20(28)35-18-12-10-13-17(22(30)36-19(13)18)16(12)21(29)34-7-8-38(31,32)33/h5-6,9,12-13,16-19H,4,7-8,10H2,1-3H3,(H,31,32,33). The van der Waals surface area contributed by atoms with Crippen molar-refractivity contribution in [3.8, 4) is 5.75 Å². The van der Waals surface area contributed by atoms with Gasteiger partial charge in [-0.15, -0.1) is 0 Å². The van der Waals surface area contributed by atoms with Crippen LogP contribution in [0.1, 0.15) is 49.5 Å². The number of benzene rings is 1. The Morgan fingerprint density at radius 2 is 1.87 bits per heavy atom. The summed E-state index contributed by atoms with van der Waals surface area (Å²) in [6.45, 7) is 4.31. The SMILES string of the molecule is CCC(C)(C)Oc1cc(C(=O)OC2C3CC4C2OC(=O)C4C3C(=O)OCCS(=O)(=O)O)ccc1C(F)(F)F. The molecule has 0 spiro atoms. The smallest absolute Gasteiger partial charge is 0.419 e. The first-order valence-electron chi connectivity index (χ1n) is 12.0. The van der Waals surface area contributed by atoms with Crippen LogP contribution in [0.3, 0.4) is 0 Å². The van der Waals surface area contributed by atoms with Crippen molar-refractivity contribution in [2.24, 2.45) is 23.7 Å². The van der Waals surface area contributed by atoms with Gasteiger partial charge in [0, 0.05) is 11.8 Å². The molecule has 1 aliphatic heterocycles. The fourth-order valence-corrected chi connectivity index (χ4v) is 5.64. The zero-order valence-electron chi connectivity index (χ0n) is 20.7. The van der Waals surface area contributed by atoms with Gasteiger partial charge in [0.25, 0.3) is 10.1 Å². The molecule has 1 aromatic carbocycles. The molecule has 1 N–H and O–H groups in total. The summed E-state index contributed by atoms with van der Waals surface area (Å²) in [4.78, 5) is 38.2. The largest absolute Gasteiger partial charge is 0.487 e. The second kappa shape index (κ2) is 9.70. The minimum absolute atomic E-state index is 0.226. The van der Waals surface area contributed by atoms with E-state index in [2.05, 4.69) is 0 Å². The third-order valence-electron chi connectivity index (χ3n) is 7.41. The lowest BCUT2D eigenvalue weighted by Crippen LogP contribution is -2.44. The highest BCUT2D eigenvalue weighted by atomic mass is 32.2. The molecule has 4 rings (SSSR count). The van der Waals surface area contributed by atoms with Crippen molar-refractivity contribution < 1.29 is 59.5 Å². The summed E-state index contributed by atoms with van der Waals surface area (Å²) >= 11 is 0. The van der Waals surface area contributed by atoms with Crippen LogP contribution in [-0.4, -0.2) is 61.0 Å². The summed E-state index contributed by atoms with van der Waals surface area (Å²) in [6, 6.07) is 2.62. The molecule has 38 heavy (non-hydrogen) atoms. The Labute approximate surface area is 216 Å². The molecular formula is C24H27F3O10S. The van der Waals surface area contributed by atoms with Gasteiger partial charge in [0.2, 0.25) is 0 Å². The van der Waals surface area contributed by atoms with Gasteiger partial charge >= 0.3 is 24.1 Å². The molecule has 210 valence electrons. The van der Waals surface area contributed by atoms with Crippen LogP contribution in [0.2, 0.25) is 0 Å². The van der Waals surface area contributed by atoms with Crippen LogP contribution < -0.4 is 4.74 Å². The molecule has 2 aliphatic carbocycles. The number of carbonyl (C=O) groups is 3. The molecule has 14 heteroatoms. The molecule has 0 radical (unpaired) electrons. The number of alkyl halides is 3. The first-order valence-corrected chi connectivity index (χ1v) is 13.6. The van der Waals surface area contributed by atoms with E-state index in [0.717, 1.165) is 18.2 Å². The summed E-state index contributed by atoms with van der Waals surface area (Å²) in [5.41, 5.74) is -2.24. The highest BCUT2D eigenvalue weighted by Gasteiger charge is 2.70. The van der Waals surface area contributed by atoms with Gasteiger partial charge in [0.05, 0.1) is 23.0 Å². The van der Waals surface area contributed by atoms with Crippen molar-refractivity contribution >= 4 is 28.0 Å². The second-order valence-electron chi connectivity index (χ2n) is 10.3. The Morgan fingerprint density at radius 3 is 2.47 bits per heavy atom. The number of esters is 3. The minimum Gasteiger partial charge on any atom is -0.487 e. The molecule has 6 atom stereocenters. The molecule has 1 saturated heterocycles. The average Bonchev–Trinajstić information content (AvgIpc) is 3.41. The zero-order valence-corrected chi connectivity index (χ0v) is 21.5. The third-order valence-corrected chi connectivity index (χ3v) is 8.09. The van der Waals surface area contributed by atoms with Gasteiger partial charge in [-0.05, 0) is 44.9 Å². The maximum atomic E-state index is 13.6. The van der Waals surface area contributed by atoms with Gasteiger partial charge in [0.15, 0.2) is 0 Å². The van der Waals surface area contributed by atoms with E-state index in [1.807, 2.05) is 0 Å². The van der Waals surface area contributed by atoms with Gasteiger partial charge in [-0.25, -0.2) is 4.79 Å². The average molecular weight is 565 g/mol. The van der Waals surface area contributed by atoms with E-state index in [9.17, 15) is 36.0 Å². The van der Waals surface area contributed by atoms with Crippen LogP contribution >= 0.6 is 0 Å². The highest BCUT2D eigenvalue weighted by molar-refractivity contribution is 7.85. The Hall–Kier alpha value is -2.87. The summed E-state index contributed by atoms with van der Waals surface area (Å²) in [5.74, 6) is -6.98. The van der Waals surface area contributed by atoms with Gasteiger partial charge < -0.3 is 18.9 Å². The minimum atomic E-state index is -4.73. The number of hydrogen-bond acceptors (Lipinski definition) is 9. The molecule has 2 saturated carbocycles. The van der Waals surface area contributed by atoms with E-state index in [0.29, 0.717) is 12.8 Å². The van der Waals surface area contributed by atoms with E-state index in [1.165, 1.54) is 0 Å². The second-order valence-corrected chi connectivity index (χ2v) is 11.8. The number of rotatable bonds is 9. The van der Waals surface area contributed by atoms with Crippen LogP contribution in [0.5, 0.6) is 5.75 Å². The fraction of sp³-hybridized carbons (Fsp3) is 0.625. The molecule has 2 bridgehead atoms. The van der Waals surface area contributed by atoms with E-state index in [-0.39, 0.29) is 5.56 Å². The number of carbonyl (C=O) groups excluding carboxylic acids is 3. The van der Waals surface area contributed by atoms with E-state index >= 15 is 0 Å². The molecule has 1 heterocycles. The molecule has 0 amide bonds. The summed E-state index contributed by atoms with van der Waals surface area (Å²) in [6.07, 6.45) is -5.94. The third kappa shape index (κ3) is 5.46. The van der Waals surface area contributed by atoms with Gasteiger partial charge in [0.1, 0.15) is 35.9 Å². The Morgan fingerprint density at radius 1 is 1.18 bits per heavy atom. The Balaban J connectivity index is 1.54. The Bertz CT molecular complexity index is 1240. The van der Waals surface area contributed by atoms with Crippen molar-refractivity contribution in [3.05, 3.63) is 29.3 Å². The van der Waals surface area contributed by atoms with Crippen LogP contribution in [0.25, 0.3) is 0 Å². The predicted molar refractivity (Wildman–Crippen MR) is 121 cm³/mol. The summed E-state index contributed by atoms with van der Waals surface area (Å²) in [7, 11) is -4.38. The number of fused-ring (bicyclic) bond motifs is 1. The van der Waals surface area contributed by atoms with E-state index in [4.69, 9.17) is 23.5 Å². The molecule has 6 unspecified atom stereocenters. The molecule has 10 nitrogen and oxygen atoms in total. The number of ether oxygens (including phenoxy) is 4. The van der Waals surface area contributed by atoms with Crippen LogP contribution in [0, 0.1) is 23.7 Å². The van der Waals surface area contributed by atoms with Crippen molar-refractivity contribution in [3.63, 3.8) is 0 Å². The van der Waals surface area contributed by atoms with Crippen molar-refractivity contribution in [2.45, 2.75) is 57.6 Å². The van der Waals surface area contributed by atoms with Crippen LogP contribution in [-0.2, 0) is 40.1 Å². The quantitative estimate of drug-likeness (QED) is 0.270. The lowest BCUT2D eigenvalue weighted by molar-refractivity contribution is -0.155. The van der Waals surface area contributed by atoms with Gasteiger partial charge in [-0.2, -0.15) is 21.6 Å². The highest BCUT2D eigenvalue weighted by Crippen LogP contribution is 2.59. The molecular weight excluding hydrogens is 537 g/mol. The lowest BCUT2D eigenvalue weighted by atomic mass is 9.78. The molecule has 1 aromatic rings. The van der Waals surface area contributed by atoms with Crippen molar-refractivity contribution in [1.82, 2.24) is 0 Å². The monoisotopic (exact) mass is 564 g/mol. The first kappa shape index (κ1) is 28.1. The predicted octanol–water partition coefficient (Wildman–Crippen LogP) is 3.04. The molecule has 0 aromatic heterocycles. The van der Waals surface area contributed by atoms with Gasteiger partial charge in [-0.1, -0.05) is 6.92 Å². The van der Waals surface area contributed by atoms with E-state index in [1.54, 1.807) is 20.8 Å². The van der Waals surface area contributed by atoms with Crippen LogP contribution in [0.15, 0.2) is 18.2 Å². The Kier molecular flexibility index (Phi) is 7.19. The zero-order chi connectivity index (χ0) is 28.2. The molecule has 3 fully saturated rings. The maximum absolute atomic E-state index is 13.6. The lowest BCUT2D eigenvalue weighted by Gasteiger charge is -2.30. The van der Waals surface area contributed by atoms with Crippen molar-refractivity contribution in [1.29, 1.82) is 0 Å². The number of halogens is 3. The van der Waals surface area contributed by atoms with Crippen molar-refractivity contribution in [2.75, 3.05) is 12.4 Å². The summed E-state index contributed by atoms with van der Waals surface area (Å²) < 4.78 is 92.8.